The molecule has 0 saturated carbocycles. The van der Waals surface area contributed by atoms with Gasteiger partial charge in [0.1, 0.15) is 17.2 Å². The van der Waals surface area contributed by atoms with Gasteiger partial charge in [-0.15, -0.1) is 0 Å². The summed E-state index contributed by atoms with van der Waals surface area (Å²) in [7, 11) is 0. The normalized spacial score (nSPS) is 13.8. The van der Waals surface area contributed by atoms with Crippen LogP contribution < -0.4 is 15.0 Å². The van der Waals surface area contributed by atoms with Crippen LogP contribution in [0, 0.1) is 6.92 Å². The Hall–Kier alpha value is -3.67. The lowest BCUT2D eigenvalue weighted by atomic mass is 10.2. The van der Waals surface area contributed by atoms with Crippen LogP contribution in [-0.4, -0.2) is 42.2 Å². The fourth-order valence-corrected chi connectivity index (χ4v) is 3.41. The summed E-state index contributed by atoms with van der Waals surface area (Å²) < 4.78 is 5.83. The van der Waals surface area contributed by atoms with Crippen molar-refractivity contribution in [1.82, 2.24) is 4.90 Å². The van der Waals surface area contributed by atoms with E-state index in [1.54, 1.807) is 17.0 Å². The third-order valence-electron chi connectivity index (χ3n) is 5.12. The summed E-state index contributed by atoms with van der Waals surface area (Å²) in [6.45, 7) is 4.72. The predicted octanol–water partition coefficient (Wildman–Crippen LogP) is 4.85. The molecule has 1 fully saturated rings. The molecule has 1 saturated heterocycles. The smallest absolute Gasteiger partial charge is 0.321 e. The lowest BCUT2D eigenvalue weighted by Crippen LogP contribution is -2.50. The average molecular weight is 403 g/mol. The average Bonchev–Trinajstić information content (AvgIpc) is 2.77. The zero-order valence-electron chi connectivity index (χ0n) is 16.9. The minimum Gasteiger partial charge on any atom is -0.508 e. The van der Waals surface area contributed by atoms with Crippen molar-refractivity contribution < 1.29 is 14.6 Å². The van der Waals surface area contributed by atoms with Crippen molar-refractivity contribution in [2.24, 2.45) is 0 Å². The zero-order chi connectivity index (χ0) is 20.9. The van der Waals surface area contributed by atoms with Crippen molar-refractivity contribution >= 4 is 17.4 Å². The number of nitrogens with zero attached hydrogens (tertiary/aromatic N) is 2. The number of piperazine rings is 1. The van der Waals surface area contributed by atoms with Crippen LogP contribution in [-0.2, 0) is 0 Å². The van der Waals surface area contributed by atoms with E-state index in [-0.39, 0.29) is 11.8 Å². The van der Waals surface area contributed by atoms with Crippen LogP contribution in [0.25, 0.3) is 0 Å². The summed E-state index contributed by atoms with van der Waals surface area (Å²) in [6, 6.07) is 22.3. The quantitative estimate of drug-likeness (QED) is 0.654. The van der Waals surface area contributed by atoms with E-state index in [0.717, 1.165) is 36.0 Å². The minimum atomic E-state index is -0.113. The lowest BCUT2D eigenvalue weighted by molar-refractivity contribution is 0.208. The maximum absolute atomic E-state index is 12.6. The number of anilines is 2. The molecule has 30 heavy (non-hydrogen) atoms. The maximum atomic E-state index is 12.6. The molecule has 1 aliphatic heterocycles. The molecule has 3 aromatic rings. The van der Waals surface area contributed by atoms with E-state index in [1.807, 2.05) is 67.6 Å². The summed E-state index contributed by atoms with van der Waals surface area (Å²) in [6.07, 6.45) is 0. The summed E-state index contributed by atoms with van der Waals surface area (Å²) in [4.78, 5) is 16.6. The Morgan fingerprint density at radius 3 is 2.17 bits per heavy atom. The number of amides is 2. The van der Waals surface area contributed by atoms with Gasteiger partial charge in [0.2, 0.25) is 0 Å². The first-order chi connectivity index (χ1) is 14.6. The van der Waals surface area contributed by atoms with Crippen molar-refractivity contribution in [2.45, 2.75) is 6.92 Å². The molecule has 6 heteroatoms. The molecule has 1 heterocycles. The Kier molecular flexibility index (Phi) is 5.75. The van der Waals surface area contributed by atoms with E-state index < -0.39 is 0 Å². The van der Waals surface area contributed by atoms with E-state index in [2.05, 4.69) is 10.2 Å². The van der Waals surface area contributed by atoms with Crippen molar-refractivity contribution in [3.63, 3.8) is 0 Å². The molecule has 0 aliphatic carbocycles. The molecule has 0 radical (unpaired) electrons. The summed E-state index contributed by atoms with van der Waals surface area (Å²) >= 11 is 0. The Morgan fingerprint density at radius 2 is 1.53 bits per heavy atom. The molecular formula is C24H25N3O3. The molecule has 4 rings (SSSR count). The second-order valence-electron chi connectivity index (χ2n) is 7.36. The number of rotatable bonds is 4. The highest BCUT2D eigenvalue weighted by atomic mass is 16.5. The van der Waals surface area contributed by atoms with Gasteiger partial charge in [-0.1, -0.05) is 23.8 Å². The van der Waals surface area contributed by atoms with Gasteiger partial charge in [-0.05, 0) is 55.5 Å². The van der Waals surface area contributed by atoms with Crippen LogP contribution >= 0.6 is 0 Å². The number of aryl methyl sites for hydroxylation is 1. The van der Waals surface area contributed by atoms with E-state index in [4.69, 9.17) is 4.74 Å². The second kappa shape index (κ2) is 8.78. The van der Waals surface area contributed by atoms with Crippen molar-refractivity contribution in [3.8, 4) is 17.2 Å². The first-order valence-electron chi connectivity index (χ1n) is 10.0. The third-order valence-corrected chi connectivity index (χ3v) is 5.12. The number of hydrogen-bond acceptors (Lipinski definition) is 4. The fraction of sp³-hybridized carbons (Fsp3) is 0.208. The van der Waals surface area contributed by atoms with Gasteiger partial charge >= 0.3 is 6.03 Å². The van der Waals surface area contributed by atoms with Crippen molar-refractivity contribution in [2.75, 3.05) is 36.4 Å². The Morgan fingerprint density at radius 1 is 0.900 bits per heavy atom. The summed E-state index contributed by atoms with van der Waals surface area (Å²) in [5, 5.41) is 12.6. The van der Waals surface area contributed by atoms with Gasteiger partial charge in [0, 0.05) is 43.6 Å². The molecule has 0 unspecified atom stereocenters. The van der Waals surface area contributed by atoms with Gasteiger partial charge in [-0.2, -0.15) is 0 Å². The monoisotopic (exact) mass is 403 g/mol. The van der Waals surface area contributed by atoms with Gasteiger partial charge in [-0.25, -0.2) is 4.79 Å². The first kappa shape index (κ1) is 19.6. The van der Waals surface area contributed by atoms with Gasteiger partial charge in [0.15, 0.2) is 0 Å². The number of ether oxygens (including phenoxy) is 1. The third kappa shape index (κ3) is 4.84. The van der Waals surface area contributed by atoms with Gasteiger partial charge in [0.25, 0.3) is 0 Å². The van der Waals surface area contributed by atoms with Crippen LogP contribution in [0.5, 0.6) is 17.2 Å². The number of urea groups is 1. The Balaban J connectivity index is 1.29. The van der Waals surface area contributed by atoms with Crippen LogP contribution in [0.15, 0.2) is 72.8 Å². The van der Waals surface area contributed by atoms with Crippen molar-refractivity contribution in [1.29, 1.82) is 0 Å². The van der Waals surface area contributed by atoms with Gasteiger partial charge in [-0.3, -0.25) is 0 Å². The number of aromatic hydroxyl groups is 1. The molecule has 154 valence electrons. The highest BCUT2D eigenvalue weighted by molar-refractivity contribution is 5.89. The van der Waals surface area contributed by atoms with Crippen LogP contribution in [0.4, 0.5) is 16.2 Å². The summed E-state index contributed by atoms with van der Waals surface area (Å²) in [5.74, 6) is 1.75. The second-order valence-corrected chi connectivity index (χ2v) is 7.36. The molecule has 2 amide bonds. The Labute approximate surface area is 176 Å². The number of carbonyl (C=O) groups excluding carboxylic acids is 1. The molecule has 2 N–H and O–H groups in total. The highest BCUT2D eigenvalue weighted by Gasteiger charge is 2.21. The van der Waals surface area contributed by atoms with Crippen LogP contribution in [0.2, 0.25) is 0 Å². The maximum Gasteiger partial charge on any atom is 0.321 e. The number of carbonyl (C=O) groups is 1. The fourth-order valence-electron chi connectivity index (χ4n) is 3.41. The molecule has 0 spiro atoms. The number of nitrogens with one attached hydrogen (secondary N) is 1. The summed E-state index contributed by atoms with van der Waals surface area (Å²) in [5.41, 5.74) is 2.88. The molecule has 3 aromatic carbocycles. The van der Waals surface area contributed by atoms with E-state index in [1.165, 1.54) is 5.56 Å². The number of phenols is 1. The standard InChI is InChI=1S/C24H25N3O3/c1-18-5-9-22(10-6-18)30-23-11-7-19(8-12-23)25-24(29)27-15-13-26(14-16-27)20-3-2-4-21(28)17-20/h2-12,17,28H,13-16H2,1H3,(H,25,29). The van der Waals surface area contributed by atoms with Crippen LogP contribution in [0.3, 0.4) is 0 Å². The highest BCUT2D eigenvalue weighted by Crippen LogP contribution is 2.24. The molecule has 1 aliphatic rings. The number of phenolic OH excluding ortho intramolecular Hbond substituents is 1. The van der Waals surface area contributed by atoms with Gasteiger partial charge in [0.05, 0.1) is 0 Å². The first-order valence-corrected chi connectivity index (χ1v) is 10.0. The molecule has 0 bridgehead atoms. The number of hydrogen-bond donors (Lipinski definition) is 2. The van der Waals surface area contributed by atoms with E-state index in [9.17, 15) is 9.90 Å². The molecule has 6 nitrogen and oxygen atoms in total. The minimum absolute atomic E-state index is 0.113. The zero-order valence-corrected chi connectivity index (χ0v) is 16.9. The largest absolute Gasteiger partial charge is 0.508 e. The Bertz CT molecular complexity index is 995. The lowest BCUT2D eigenvalue weighted by Gasteiger charge is -2.36. The topological polar surface area (TPSA) is 65.0 Å². The van der Waals surface area contributed by atoms with Crippen molar-refractivity contribution in [3.05, 3.63) is 78.4 Å². The predicted molar refractivity (Wildman–Crippen MR) is 119 cm³/mol. The van der Waals surface area contributed by atoms with E-state index in [0.29, 0.717) is 13.1 Å². The SMILES string of the molecule is Cc1ccc(Oc2ccc(NC(=O)N3CCN(c4cccc(O)c4)CC3)cc2)cc1. The van der Waals surface area contributed by atoms with Crippen LogP contribution in [0.1, 0.15) is 5.56 Å². The molecule has 0 aromatic heterocycles. The van der Waals surface area contributed by atoms with E-state index >= 15 is 0 Å². The molecular weight excluding hydrogens is 378 g/mol. The van der Waals surface area contributed by atoms with Gasteiger partial charge < -0.3 is 25.0 Å². The number of benzene rings is 3. The molecule has 0 atom stereocenters.